The van der Waals surface area contributed by atoms with Crippen molar-refractivity contribution < 1.29 is 9.30 Å². The van der Waals surface area contributed by atoms with Crippen LogP contribution in [0.15, 0.2) is 134 Å². The van der Waals surface area contributed by atoms with E-state index >= 15 is 0 Å². The number of aromatic nitrogens is 4. The molecule has 3 aromatic heterocycles. The molecule has 0 atom stereocenters. The van der Waals surface area contributed by atoms with Gasteiger partial charge in [-0.3, -0.25) is 4.57 Å². The van der Waals surface area contributed by atoms with E-state index in [0.29, 0.717) is 0 Å². The highest BCUT2D eigenvalue weighted by Gasteiger charge is 2.26. The SMILES string of the molecule is Cc1cc(C)c(-c2ccc(Oc3ccc4c5ccccc5n(-c5cc(C(C)(C)C)ccn5)c4c3)cc2-n2c[n+](-c3c(C)cc(C)cc3C)c3ccccc32)c(C)c1. The first-order valence-corrected chi connectivity index (χ1v) is 19.9. The van der Waals surface area contributed by atoms with Crippen LogP contribution >= 0.6 is 0 Å². The molecular weight excluding hydrogens is 697 g/mol. The van der Waals surface area contributed by atoms with Crippen molar-refractivity contribution in [2.45, 2.75) is 67.7 Å². The molecule has 0 radical (unpaired) electrons. The Balaban J connectivity index is 1.23. The number of hydrogen-bond donors (Lipinski definition) is 0. The largest absolute Gasteiger partial charge is 0.457 e. The van der Waals surface area contributed by atoms with Crippen molar-refractivity contribution in [3.63, 3.8) is 0 Å². The zero-order valence-electron chi connectivity index (χ0n) is 34.4. The van der Waals surface area contributed by atoms with Crippen LogP contribution < -0.4 is 9.30 Å². The van der Waals surface area contributed by atoms with E-state index in [1.54, 1.807) is 0 Å². The Bertz CT molecular complexity index is 3000. The summed E-state index contributed by atoms with van der Waals surface area (Å²) in [6, 6.07) is 43.7. The second kappa shape index (κ2) is 13.6. The third-order valence-electron chi connectivity index (χ3n) is 11.4. The first-order chi connectivity index (χ1) is 27.4. The van der Waals surface area contributed by atoms with Gasteiger partial charge in [0.15, 0.2) is 11.0 Å². The zero-order valence-corrected chi connectivity index (χ0v) is 34.4. The third kappa shape index (κ3) is 6.28. The van der Waals surface area contributed by atoms with Gasteiger partial charge >= 0.3 is 0 Å². The van der Waals surface area contributed by atoms with Gasteiger partial charge in [0.25, 0.3) is 6.33 Å². The molecule has 6 aromatic carbocycles. The van der Waals surface area contributed by atoms with Crippen LogP contribution in [0.3, 0.4) is 0 Å². The highest BCUT2D eigenvalue weighted by molar-refractivity contribution is 6.09. The van der Waals surface area contributed by atoms with Crippen LogP contribution in [-0.2, 0) is 5.41 Å². The van der Waals surface area contributed by atoms with Gasteiger partial charge in [-0.05, 0) is 135 Å². The fraction of sp³-hybridized carbons (Fsp3) is 0.192. The Morgan fingerprint density at radius 2 is 1.19 bits per heavy atom. The number of imidazole rings is 1. The Hall–Kier alpha value is -6.46. The molecule has 282 valence electrons. The van der Waals surface area contributed by atoms with Gasteiger partial charge in [0, 0.05) is 34.7 Å². The summed E-state index contributed by atoms with van der Waals surface area (Å²) in [6.45, 7) is 19.9. The molecule has 3 heterocycles. The first kappa shape index (κ1) is 36.2. The fourth-order valence-corrected chi connectivity index (χ4v) is 9.03. The number of pyridine rings is 1. The molecule has 0 saturated carbocycles. The summed E-state index contributed by atoms with van der Waals surface area (Å²) < 4.78 is 13.8. The van der Waals surface area contributed by atoms with E-state index in [-0.39, 0.29) is 5.41 Å². The van der Waals surface area contributed by atoms with Crippen molar-refractivity contribution in [1.29, 1.82) is 0 Å². The van der Waals surface area contributed by atoms with Crippen LogP contribution in [0.2, 0.25) is 0 Å². The second-order valence-corrected chi connectivity index (χ2v) is 16.8. The summed E-state index contributed by atoms with van der Waals surface area (Å²) in [5, 5.41) is 2.34. The molecule has 0 bridgehead atoms. The molecule has 0 unspecified atom stereocenters. The van der Waals surface area contributed by atoms with E-state index in [1.165, 1.54) is 55.6 Å². The monoisotopic (exact) mass is 745 g/mol. The summed E-state index contributed by atoms with van der Waals surface area (Å²) in [5.74, 6) is 2.42. The number of benzene rings is 6. The van der Waals surface area contributed by atoms with Crippen LogP contribution in [-0.4, -0.2) is 14.1 Å². The Kier molecular flexibility index (Phi) is 8.65. The van der Waals surface area contributed by atoms with Crippen molar-refractivity contribution in [2.24, 2.45) is 0 Å². The summed E-state index contributed by atoms with van der Waals surface area (Å²) in [6.07, 6.45) is 4.17. The van der Waals surface area contributed by atoms with E-state index in [9.17, 15) is 0 Å². The highest BCUT2D eigenvalue weighted by Crippen LogP contribution is 2.40. The summed E-state index contributed by atoms with van der Waals surface area (Å²) in [5.41, 5.74) is 17.8. The molecule has 0 spiro atoms. The molecule has 0 aliphatic rings. The molecule has 57 heavy (non-hydrogen) atoms. The number of aryl methyl sites for hydroxylation is 6. The number of rotatable bonds is 6. The molecule has 9 aromatic rings. The first-order valence-electron chi connectivity index (χ1n) is 19.9. The maximum atomic E-state index is 6.88. The standard InChI is InChI=1S/C52H49N4O/c1-32-24-34(3)50(35(4)25-32)43-21-19-39(29-47(43)54-31-55(46-17-13-12-16-45(46)54)51-36(5)26-33(2)27-37(51)6)57-40-18-20-42-41-14-10-11-15-44(41)56(48(42)30-40)49-28-38(22-23-53-49)52(7,8)9/h10-31H,1-9H3/q+1. The number of para-hydroxylation sites is 3. The molecule has 5 heteroatoms. The van der Waals surface area contributed by atoms with Gasteiger partial charge in [-0.1, -0.05) is 86.5 Å². The van der Waals surface area contributed by atoms with Crippen molar-refractivity contribution in [3.8, 4) is 39.8 Å². The normalized spacial score (nSPS) is 11.9. The van der Waals surface area contributed by atoms with Gasteiger partial charge in [0.2, 0.25) is 0 Å². The maximum absolute atomic E-state index is 6.88. The quantitative estimate of drug-likeness (QED) is 0.159. The Morgan fingerprint density at radius 3 is 1.91 bits per heavy atom. The van der Waals surface area contributed by atoms with E-state index in [2.05, 4.69) is 204 Å². The smallest absolute Gasteiger partial charge is 0.255 e. The molecule has 0 saturated heterocycles. The number of ether oxygens (including phenoxy) is 1. The lowest BCUT2D eigenvalue weighted by molar-refractivity contribution is -0.568. The van der Waals surface area contributed by atoms with Gasteiger partial charge in [-0.25, -0.2) is 4.98 Å². The van der Waals surface area contributed by atoms with E-state index in [4.69, 9.17) is 9.72 Å². The molecular formula is C52H49N4O+. The van der Waals surface area contributed by atoms with Crippen molar-refractivity contribution in [2.75, 3.05) is 0 Å². The van der Waals surface area contributed by atoms with Gasteiger partial charge in [-0.15, -0.1) is 0 Å². The van der Waals surface area contributed by atoms with Crippen LogP contribution in [0.5, 0.6) is 11.5 Å². The molecule has 0 N–H and O–H groups in total. The lowest BCUT2D eigenvalue weighted by Crippen LogP contribution is -2.31. The van der Waals surface area contributed by atoms with Crippen LogP contribution in [0.25, 0.3) is 61.2 Å². The molecule has 0 amide bonds. The van der Waals surface area contributed by atoms with E-state index < -0.39 is 0 Å². The van der Waals surface area contributed by atoms with Gasteiger partial charge < -0.3 is 4.74 Å². The molecule has 0 aliphatic heterocycles. The van der Waals surface area contributed by atoms with E-state index in [0.717, 1.165) is 56.0 Å². The minimum Gasteiger partial charge on any atom is -0.457 e. The third-order valence-corrected chi connectivity index (χ3v) is 11.4. The lowest BCUT2D eigenvalue weighted by atomic mass is 9.88. The van der Waals surface area contributed by atoms with Crippen LogP contribution in [0.4, 0.5) is 0 Å². The van der Waals surface area contributed by atoms with E-state index in [1.807, 2.05) is 6.20 Å². The summed E-state index contributed by atoms with van der Waals surface area (Å²) >= 11 is 0. The fourth-order valence-electron chi connectivity index (χ4n) is 9.03. The second-order valence-electron chi connectivity index (χ2n) is 16.8. The van der Waals surface area contributed by atoms with Crippen molar-refractivity contribution >= 4 is 32.8 Å². The molecule has 5 nitrogen and oxygen atoms in total. The average molecular weight is 746 g/mol. The predicted octanol–water partition coefficient (Wildman–Crippen LogP) is 13.0. The Morgan fingerprint density at radius 1 is 0.579 bits per heavy atom. The van der Waals surface area contributed by atoms with Gasteiger partial charge in [0.1, 0.15) is 28.7 Å². The average Bonchev–Trinajstić information content (AvgIpc) is 3.70. The minimum absolute atomic E-state index is 0.00758. The predicted molar refractivity (Wildman–Crippen MR) is 236 cm³/mol. The lowest BCUT2D eigenvalue weighted by Gasteiger charge is -2.20. The number of hydrogen-bond acceptors (Lipinski definition) is 2. The van der Waals surface area contributed by atoms with Crippen molar-refractivity contribution in [1.82, 2.24) is 14.1 Å². The van der Waals surface area contributed by atoms with Crippen LogP contribution in [0, 0.1) is 41.5 Å². The molecule has 9 rings (SSSR count). The van der Waals surface area contributed by atoms with Gasteiger partial charge in [0.05, 0.1) is 11.0 Å². The maximum Gasteiger partial charge on any atom is 0.255 e. The Labute approximate surface area is 335 Å². The number of nitrogens with zero attached hydrogens (tertiary/aromatic N) is 4. The zero-order chi connectivity index (χ0) is 39.7. The highest BCUT2D eigenvalue weighted by atomic mass is 16.5. The summed E-state index contributed by atoms with van der Waals surface area (Å²) in [4.78, 5) is 4.89. The topological polar surface area (TPSA) is 35.9 Å². The molecule has 0 fully saturated rings. The van der Waals surface area contributed by atoms with Gasteiger partial charge in [-0.2, -0.15) is 9.13 Å². The van der Waals surface area contributed by atoms with Crippen LogP contribution in [0.1, 0.15) is 59.7 Å². The minimum atomic E-state index is -0.00758. The van der Waals surface area contributed by atoms with Crippen molar-refractivity contribution in [3.05, 3.63) is 173 Å². The molecule has 0 aliphatic carbocycles. The summed E-state index contributed by atoms with van der Waals surface area (Å²) in [7, 11) is 0. The number of fused-ring (bicyclic) bond motifs is 4.